The fourth-order valence-corrected chi connectivity index (χ4v) is 2.52. The van der Waals surface area contributed by atoms with Gasteiger partial charge in [0.2, 0.25) is 0 Å². The number of rotatable bonds is 3. The normalized spacial score (nSPS) is 22.6. The predicted molar refractivity (Wildman–Crippen MR) is 68.3 cm³/mol. The molecule has 0 aromatic heterocycles. The van der Waals surface area contributed by atoms with E-state index in [9.17, 15) is 23.8 Å². The number of nitrogens with one attached hydrogen (secondary N) is 1. The minimum Gasteiger partial charge on any atom is -0.507 e. The minimum absolute atomic E-state index is 0.0710. The molecule has 1 fully saturated rings. The smallest absolute Gasteiger partial charge is 0.258 e. The summed E-state index contributed by atoms with van der Waals surface area (Å²) < 4.78 is 26.3. The Hall–Kier alpha value is -1.69. The number of benzene rings is 1. The van der Waals surface area contributed by atoms with Gasteiger partial charge in [-0.1, -0.05) is 12.8 Å². The number of aromatic hydroxyl groups is 1. The molecule has 2 rings (SSSR count). The Morgan fingerprint density at radius 1 is 1.30 bits per heavy atom. The van der Waals surface area contributed by atoms with Gasteiger partial charge in [0.1, 0.15) is 22.9 Å². The number of halogens is 2. The first kappa shape index (κ1) is 14.7. The number of phenolic OH excluding ortho intramolecular Hbond substituents is 1. The Labute approximate surface area is 115 Å². The van der Waals surface area contributed by atoms with Crippen LogP contribution in [0.25, 0.3) is 0 Å². The lowest BCUT2D eigenvalue weighted by molar-refractivity contribution is 0.0661. The Morgan fingerprint density at radius 3 is 2.65 bits per heavy atom. The van der Waals surface area contributed by atoms with E-state index < -0.39 is 35.0 Å². The highest BCUT2D eigenvalue weighted by molar-refractivity contribution is 5.97. The predicted octanol–water partition coefficient (Wildman–Crippen LogP) is 1.95. The van der Waals surface area contributed by atoms with Crippen molar-refractivity contribution in [2.45, 2.75) is 31.8 Å². The Morgan fingerprint density at radius 2 is 2.00 bits per heavy atom. The molecule has 6 heteroatoms. The van der Waals surface area contributed by atoms with Gasteiger partial charge in [0.15, 0.2) is 0 Å². The van der Waals surface area contributed by atoms with E-state index in [1.165, 1.54) is 0 Å². The van der Waals surface area contributed by atoms with Gasteiger partial charge >= 0.3 is 0 Å². The van der Waals surface area contributed by atoms with E-state index in [1.54, 1.807) is 0 Å². The topological polar surface area (TPSA) is 69.6 Å². The first-order valence-corrected chi connectivity index (χ1v) is 6.63. The largest absolute Gasteiger partial charge is 0.507 e. The molecule has 0 unspecified atom stereocenters. The van der Waals surface area contributed by atoms with E-state index in [2.05, 4.69) is 5.32 Å². The van der Waals surface area contributed by atoms with Gasteiger partial charge < -0.3 is 15.5 Å². The fraction of sp³-hybridized carbons (Fsp3) is 0.500. The number of amides is 1. The van der Waals surface area contributed by atoms with Gasteiger partial charge in [-0.05, 0) is 12.8 Å². The number of hydrogen-bond donors (Lipinski definition) is 3. The fourth-order valence-electron chi connectivity index (χ4n) is 2.52. The highest BCUT2D eigenvalue weighted by atomic mass is 19.1. The molecular formula is C14H17F2NO3. The summed E-state index contributed by atoms with van der Waals surface area (Å²) in [4.78, 5) is 11.8. The number of aliphatic hydroxyl groups excluding tert-OH is 1. The first-order chi connectivity index (χ1) is 9.49. The number of carbonyl (C=O) groups is 1. The average Bonchev–Trinajstić information content (AvgIpc) is 2.36. The van der Waals surface area contributed by atoms with E-state index in [4.69, 9.17) is 0 Å². The second-order valence-corrected chi connectivity index (χ2v) is 5.10. The maximum atomic E-state index is 13.5. The van der Waals surface area contributed by atoms with Gasteiger partial charge in [0.05, 0.1) is 6.10 Å². The van der Waals surface area contributed by atoms with Crippen molar-refractivity contribution >= 4 is 5.91 Å². The molecule has 0 saturated heterocycles. The molecule has 2 atom stereocenters. The molecule has 1 aliphatic carbocycles. The molecule has 110 valence electrons. The van der Waals surface area contributed by atoms with Crippen molar-refractivity contribution in [1.82, 2.24) is 5.32 Å². The third-order valence-electron chi connectivity index (χ3n) is 3.66. The lowest BCUT2D eigenvalue weighted by Crippen LogP contribution is -2.37. The van der Waals surface area contributed by atoms with Gasteiger partial charge in [-0.3, -0.25) is 4.79 Å². The molecule has 1 saturated carbocycles. The van der Waals surface area contributed by atoms with Gasteiger partial charge in [0.25, 0.3) is 5.91 Å². The van der Waals surface area contributed by atoms with Crippen molar-refractivity contribution in [1.29, 1.82) is 0 Å². The molecule has 1 amide bonds. The van der Waals surface area contributed by atoms with Crippen LogP contribution >= 0.6 is 0 Å². The van der Waals surface area contributed by atoms with Gasteiger partial charge in [-0.25, -0.2) is 8.78 Å². The number of hydrogen-bond acceptors (Lipinski definition) is 3. The molecule has 20 heavy (non-hydrogen) atoms. The van der Waals surface area contributed by atoms with Crippen LogP contribution in [0, 0.1) is 17.6 Å². The maximum absolute atomic E-state index is 13.5. The van der Waals surface area contributed by atoms with Crippen molar-refractivity contribution in [3.05, 3.63) is 29.3 Å². The summed E-state index contributed by atoms with van der Waals surface area (Å²) in [6.45, 7) is 0.205. The van der Waals surface area contributed by atoms with E-state index in [-0.39, 0.29) is 12.5 Å². The number of aliphatic hydroxyl groups is 1. The molecule has 1 aromatic carbocycles. The van der Waals surface area contributed by atoms with Crippen molar-refractivity contribution in [2.75, 3.05) is 6.54 Å². The monoisotopic (exact) mass is 285 g/mol. The molecule has 0 radical (unpaired) electrons. The van der Waals surface area contributed by atoms with Crippen LogP contribution in [0.4, 0.5) is 8.78 Å². The second-order valence-electron chi connectivity index (χ2n) is 5.10. The second kappa shape index (κ2) is 6.17. The standard InChI is InChI=1S/C14H17F2NO3/c15-9-5-10(16)13(12(19)6-9)14(20)17-7-8-3-1-2-4-11(8)18/h5-6,8,11,18-19H,1-4,7H2,(H,17,20)/t8-,11+/m1/s1. The summed E-state index contributed by atoms with van der Waals surface area (Å²) in [6, 6.07) is 1.23. The minimum atomic E-state index is -1.11. The molecule has 0 bridgehead atoms. The van der Waals surface area contributed by atoms with Crippen LogP contribution < -0.4 is 5.32 Å². The highest BCUT2D eigenvalue weighted by Crippen LogP contribution is 2.25. The lowest BCUT2D eigenvalue weighted by Gasteiger charge is -2.27. The third-order valence-corrected chi connectivity index (χ3v) is 3.66. The molecule has 1 aliphatic rings. The van der Waals surface area contributed by atoms with Crippen LogP contribution in [0.15, 0.2) is 12.1 Å². The van der Waals surface area contributed by atoms with Gasteiger partial charge in [-0.2, -0.15) is 0 Å². The Balaban J connectivity index is 2.02. The molecule has 0 aliphatic heterocycles. The van der Waals surface area contributed by atoms with Crippen LogP contribution in [0.3, 0.4) is 0 Å². The third kappa shape index (κ3) is 3.25. The zero-order valence-corrected chi connectivity index (χ0v) is 10.9. The lowest BCUT2D eigenvalue weighted by atomic mass is 9.86. The van der Waals surface area contributed by atoms with Crippen LogP contribution in [0.1, 0.15) is 36.0 Å². The van der Waals surface area contributed by atoms with E-state index in [0.29, 0.717) is 18.6 Å². The maximum Gasteiger partial charge on any atom is 0.258 e. The molecule has 0 heterocycles. The van der Waals surface area contributed by atoms with Crippen molar-refractivity contribution in [3.8, 4) is 5.75 Å². The molecule has 3 N–H and O–H groups in total. The highest BCUT2D eigenvalue weighted by Gasteiger charge is 2.25. The Bertz CT molecular complexity index is 484. The first-order valence-electron chi connectivity index (χ1n) is 6.63. The summed E-state index contributed by atoms with van der Waals surface area (Å²) >= 11 is 0. The van der Waals surface area contributed by atoms with Crippen LogP contribution in [-0.2, 0) is 0 Å². The van der Waals surface area contributed by atoms with E-state index in [0.717, 1.165) is 19.3 Å². The van der Waals surface area contributed by atoms with Gasteiger partial charge in [-0.15, -0.1) is 0 Å². The van der Waals surface area contributed by atoms with Crippen molar-refractivity contribution < 1.29 is 23.8 Å². The number of carbonyl (C=O) groups excluding carboxylic acids is 1. The summed E-state index contributed by atoms with van der Waals surface area (Å²) in [7, 11) is 0. The average molecular weight is 285 g/mol. The zero-order chi connectivity index (χ0) is 14.7. The molecule has 1 aromatic rings. The summed E-state index contributed by atoms with van der Waals surface area (Å²) in [6.07, 6.45) is 2.94. The van der Waals surface area contributed by atoms with Crippen LogP contribution in [0.5, 0.6) is 5.75 Å². The van der Waals surface area contributed by atoms with Crippen molar-refractivity contribution in [3.63, 3.8) is 0 Å². The summed E-state index contributed by atoms with van der Waals surface area (Å²) in [5.41, 5.74) is -0.573. The SMILES string of the molecule is O=C(NC[C@H]1CCCC[C@@H]1O)c1c(O)cc(F)cc1F. The quantitative estimate of drug-likeness (QED) is 0.795. The van der Waals surface area contributed by atoms with E-state index in [1.807, 2.05) is 0 Å². The summed E-state index contributed by atoms with van der Waals surface area (Å²) in [5.74, 6) is -3.66. The summed E-state index contributed by atoms with van der Waals surface area (Å²) in [5, 5.41) is 21.7. The van der Waals surface area contributed by atoms with E-state index >= 15 is 0 Å². The molecule has 4 nitrogen and oxygen atoms in total. The zero-order valence-electron chi connectivity index (χ0n) is 10.9. The van der Waals surface area contributed by atoms with Crippen LogP contribution in [0.2, 0.25) is 0 Å². The molecule has 0 spiro atoms. The van der Waals surface area contributed by atoms with Gasteiger partial charge in [0, 0.05) is 24.6 Å². The Kier molecular flexibility index (Phi) is 4.54. The molecular weight excluding hydrogens is 268 g/mol. The van der Waals surface area contributed by atoms with Crippen molar-refractivity contribution in [2.24, 2.45) is 5.92 Å². The van der Waals surface area contributed by atoms with Crippen LogP contribution in [-0.4, -0.2) is 28.8 Å². The number of phenols is 1.